The average Bonchev–Trinajstić information content (AvgIpc) is 2.46. The summed E-state index contributed by atoms with van der Waals surface area (Å²) in [5.41, 5.74) is 1.10. The quantitative estimate of drug-likeness (QED) is 0.549. The fourth-order valence-electron chi connectivity index (χ4n) is 1.56. The van der Waals surface area contributed by atoms with Crippen LogP contribution in [0.25, 0.3) is 0 Å². The summed E-state index contributed by atoms with van der Waals surface area (Å²) in [5.74, 6) is 1.89. The van der Waals surface area contributed by atoms with E-state index in [1.165, 1.54) is 0 Å². The van der Waals surface area contributed by atoms with Crippen LogP contribution in [0.2, 0.25) is 0 Å². The molecule has 0 aliphatic heterocycles. The molecule has 0 N–H and O–H groups in total. The second-order valence-corrected chi connectivity index (χ2v) is 3.71. The molecule has 0 fully saturated rings. The Kier molecular flexibility index (Phi) is 9.45. The summed E-state index contributed by atoms with van der Waals surface area (Å²) in [6.07, 6.45) is 0. The smallest absolute Gasteiger partial charge is 1.00 e. The van der Waals surface area contributed by atoms with Crippen LogP contribution in [0.5, 0.6) is 17.2 Å². The fraction of sp³-hybridized carbons (Fsp3) is 0.200. The SMILES string of the molecule is COc1c[c-]c(OCc2ccccc2)c(OC)c1.[Br-].[Mg+2]. The molecule has 0 spiro atoms. The van der Waals surface area contributed by atoms with Gasteiger partial charge in [0.05, 0.1) is 20.0 Å². The minimum atomic E-state index is 0. The second kappa shape index (κ2) is 9.91. The van der Waals surface area contributed by atoms with E-state index in [1.54, 1.807) is 26.4 Å². The van der Waals surface area contributed by atoms with E-state index in [9.17, 15) is 0 Å². The largest absolute Gasteiger partial charge is 2.00 e. The predicted molar refractivity (Wildman–Crippen MR) is 74.9 cm³/mol. The zero-order valence-corrected chi connectivity index (χ0v) is 14.6. The van der Waals surface area contributed by atoms with Gasteiger partial charge in [0.1, 0.15) is 6.61 Å². The third-order valence-electron chi connectivity index (χ3n) is 2.52. The molecule has 0 radical (unpaired) electrons. The molecule has 2 aromatic rings. The van der Waals surface area contributed by atoms with Crippen LogP contribution < -0.4 is 31.2 Å². The Morgan fingerprint density at radius 2 is 1.75 bits per heavy atom. The van der Waals surface area contributed by atoms with Crippen molar-refractivity contribution in [3.63, 3.8) is 0 Å². The van der Waals surface area contributed by atoms with Gasteiger partial charge in [-0.25, -0.2) is 0 Å². The van der Waals surface area contributed by atoms with Gasteiger partial charge in [0, 0.05) is 11.5 Å². The second-order valence-electron chi connectivity index (χ2n) is 3.71. The van der Waals surface area contributed by atoms with Crippen molar-refractivity contribution in [2.75, 3.05) is 14.2 Å². The zero-order valence-electron chi connectivity index (χ0n) is 11.6. The summed E-state index contributed by atoms with van der Waals surface area (Å²) in [6, 6.07) is 16.5. The van der Waals surface area contributed by atoms with Crippen LogP contribution in [-0.2, 0) is 6.61 Å². The Labute approximate surface area is 146 Å². The predicted octanol–water partition coefficient (Wildman–Crippen LogP) is -0.294. The van der Waals surface area contributed by atoms with Crippen molar-refractivity contribution >= 4 is 23.1 Å². The molecule has 20 heavy (non-hydrogen) atoms. The summed E-state index contributed by atoms with van der Waals surface area (Å²) < 4.78 is 16.0. The Hall–Kier alpha value is -0.914. The molecule has 0 amide bonds. The van der Waals surface area contributed by atoms with Crippen molar-refractivity contribution in [3.8, 4) is 17.2 Å². The monoisotopic (exact) mass is 346 g/mol. The van der Waals surface area contributed by atoms with Crippen molar-refractivity contribution in [2.24, 2.45) is 0 Å². The van der Waals surface area contributed by atoms with Crippen molar-refractivity contribution < 1.29 is 31.2 Å². The van der Waals surface area contributed by atoms with E-state index in [0.29, 0.717) is 23.9 Å². The van der Waals surface area contributed by atoms with E-state index < -0.39 is 0 Å². The van der Waals surface area contributed by atoms with Crippen molar-refractivity contribution in [3.05, 3.63) is 54.1 Å². The molecule has 0 atom stereocenters. The zero-order chi connectivity index (χ0) is 12.8. The van der Waals surface area contributed by atoms with E-state index in [-0.39, 0.29) is 40.0 Å². The minimum Gasteiger partial charge on any atom is -1.00 e. The van der Waals surface area contributed by atoms with E-state index in [1.807, 2.05) is 30.3 Å². The molecule has 2 aromatic carbocycles. The third kappa shape index (κ3) is 5.23. The molecule has 0 saturated carbocycles. The first-order valence-electron chi connectivity index (χ1n) is 5.64. The van der Waals surface area contributed by atoms with Gasteiger partial charge in [0.15, 0.2) is 0 Å². The molecular formula is C15H15BrMgO3. The van der Waals surface area contributed by atoms with E-state index >= 15 is 0 Å². The first-order valence-corrected chi connectivity index (χ1v) is 5.64. The first-order chi connectivity index (χ1) is 8.83. The van der Waals surface area contributed by atoms with Gasteiger partial charge in [0.2, 0.25) is 0 Å². The van der Waals surface area contributed by atoms with Crippen molar-refractivity contribution in [1.82, 2.24) is 0 Å². The van der Waals surface area contributed by atoms with E-state index in [2.05, 4.69) is 6.07 Å². The Bertz CT molecular complexity index is 506. The van der Waals surface area contributed by atoms with Crippen LogP contribution in [0.15, 0.2) is 42.5 Å². The molecule has 0 saturated heterocycles. The average molecular weight is 347 g/mol. The van der Waals surface area contributed by atoms with Gasteiger partial charge in [-0.15, -0.1) is 12.1 Å². The summed E-state index contributed by atoms with van der Waals surface area (Å²) in [4.78, 5) is 0. The molecular weight excluding hydrogens is 332 g/mol. The van der Waals surface area contributed by atoms with Gasteiger partial charge < -0.3 is 31.2 Å². The maximum Gasteiger partial charge on any atom is 2.00 e. The molecule has 0 heterocycles. The third-order valence-corrected chi connectivity index (χ3v) is 2.52. The van der Waals surface area contributed by atoms with E-state index in [4.69, 9.17) is 14.2 Å². The summed E-state index contributed by atoms with van der Waals surface area (Å²) in [7, 11) is 3.20. The van der Waals surface area contributed by atoms with Gasteiger partial charge in [-0.2, -0.15) is 0 Å². The number of benzene rings is 2. The molecule has 102 valence electrons. The van der Waals surface area contributed by atoms with Gasteiger partial charge in [-0.05, 0) is 5.56 Å². The molecule has 0 unspecified atom stereocenters. The Balaban J connectivity index is 0.00000180. The summed E-state index contributed by atoms with van der Waals surface area (Å²) in [5, 5.41) is 0. The topological polar surface area (TPSA) is 27.7 Å². The maximum absolute atomic E-state index is 5.68. The van der Waals surface area contributed by atoms with Gasteiger partial charge in [0.25, 0.3) is 0 Å². The molecule has 5 heteroatoms. The minimum absolute atomic E-state index is 0. The maximum atomic E-state index is 5.68. The van der Waals surface area contributed by atoms with Crippen LogP contribution in [-0.4, -0.2) is 37.3 Å². The van der Waals surface area contributed by atoms with Gasteiger partial charge >= 0.3 is 23.1 Å². The number of rotatable bonds is 5. The standard InChI is InChI=1S/C15H15O3.BrH.Mg/c1-16-13-8-9-14(15(10-13)17-2)18-11-12-6-4-3-5-7-12;;/h3-8,10H,11H2,1-2H3;1H;/q-1;;+2/p-1. The van der Waals surface area contributed by atoms with Crippen LogP contribution in [0.4, 0.5) is 0 Å². The molecule has 0 aromatic heterocycles. The Morgan fingerprint density at radius 1 is 1.05 bits per heavy atom. The van der Waals surface area contributed by atoms with Crippen LogP contribution in [0, 0.1) is 6.07 Å². The normalized spacial score (nSPS) is 8.90. The Morgan fingerprint density at radius 3 is 2.35 bits per heavy atom. The first kappa shape index (κ1) is 19.1. The number of halogens is 1. The summed E-state index contributed by atoms with van der Waals surface area (Å²) >= 11 is 0. The number of hydrogen-bond donors (Lipinski definition) is 0. The molecule has 2 rings (SSSR count). The molecule has 3 nitrogen and oxygen atoms in total. The van der Waals surface area contributed by atoms with Crippen LogP contribution in [0.3, 0.4) is 0 Å². The number of hydrogen-bond acceptors (Lipinski definition) is 3. The van der Waals surface area contributed by atoms with Gasteiger partial charge in [-0.3, -0.25) is 0 Å². The fourth-order valence-corrected chi connectivity index (χ4v) is 1.56. The van der Waals surface area contributed by atoms with Gasteiger partial charge in [-0.1, -0.05) is 36.4 Å². The molecule has 0 aliphatic rings. The summed E-state index contributed by atoms with van der Waals surface area (Å²) in [6.45, 7) is 0.486. The molecule has 0 aliphatic carbocycles. The van der Waals surface area contributed by atoms with Crippen LogP contribution >= 0.6 is 0 Å². The van der Waals surface area contributed by atoms with Crippen molar-refractivity contribution in [1.29, 1.82) is 0 Å². The number of methoxy groups -OCH3 is 2. The molecule has 0 bridgehead atoms. The van der Waals surface area contributed by atoms with Crippen LogP contribution in [0.1, 0.15) is 5.56 Å². The van der Waals surface area contributed by atoms with E-state index in [0.717, 1.165) is 5.56 Å². The van der Waals surface area contributed by atoms with Crippen molar-refractivity contribution in [2.45, 2.75) is 6.61 Å². The number of ether oxygens (including phenoxy) is 3.